The largest absolute Gasteiger partial charge is 0.444 e. The number of β-amino-alcohol motifs (C(OH)–C–C–N with tert-alkyl or cyclic N) is 1. The molecule has 0 aromatic carbocycles. The van der Waals surface area contributed by atoms with Crippen LogP contribution < -0.4 is 5.73 Å². The Morgan fingerprint density at radius 1 is 1.44 bits per heavy atom. The van der Waals surface area contributed by atoms with Gasteiger partial charge in [-0.2, -0.15) is 0 Å². The fraction of sp³-hybridized carbons (Fsp3) is 0.917. The summed E-state index contributed by atoms with van der Waals surface area (Å²) in [7, 11) is 0. The maximum Gasteiger partial charge on any atom is 0.410 e. The van der Waals surface area contributed by atoms with Crippen LogP contribution in [0.1, 0.15) is 20.8 Å². The van der Waals surface area contributed by atoms with E-state index in [2.05, 4.69) is 4.90 Å². The van der Waals surface area contributed by atoms with Gasteiger partial charge in [0, 0.05) is 38.8 Å². The van der Waals surface area contributed by atoms with E-state index in [1.807, 2.05) is 20.8 Å². The molecule has 3 N–H and O–H groups in total. The molecule has 1 fully saturated rings. The van der Waals surface area contributed by atoms with Crippen LogP contribution in [0, 0.1) is 0 Å². The molecule has 106 valence electrons. The summed E-state index contributed by atoms with van der Waals surface area (Å²) >= 11 is 0. The molecule has 0 aliphatic carbocycles. The van der Waals surface area contributed by atoms with E-state index in [0.717, 1.165) is 6.54 Å². The molecule has 18 heavy (non-hydrogen) atoms. The SMILES string of the molecule is CC(C)(C)OC(=O)N1CCN(CCO)C(CN)C1. The van der Waals surface area contributed by atoms with E-state index < -0.39 is 5.60 Å². The first-order valence-electron chi connectivity index (χ1n) is 6.40. The highest BCUT2D eigenvalue weighted by atomic mass is 16.6. The van der Waals surface area contributed by atoms with Crippen molar-refractivity contribution in [1.82, 2.24) is 9.80 Å². The lowest BCUT2D eigenvalue weighted by Gasteiger charge is -2.40. The summed E-state index contributed by atoms with van der Waals surface area (Å²) in [6.07, 6.45) is -0.287. The Hall–Kier alpha value is -0.850. The van der Waals surface area contributed by atoms with Crippen molar-refractivity contribution in [3.63, 3.8) is 0 Å². The molecule has 1 unspecified atom stereocenters. The number of rotatable bonds is 3. The monoisotopic (exact) mass is 259 g/mol. The van der Waals surface area contributed by atoms with Crippen LogP contribution in [0.2, 0.25) is 0 Å². The first-order valence-corrected chi connectivity index (χ1v) is 6.40. The zero-order valence-corrected chi connectivity index (χ0v) is 11.6. The van der Waals surface area contributed by atoms with E-state index in [4.69, 9.17) is 15.6 Å². The molecule has 1 amide bonds. The third kappa shape index (κ3) is 4.44. The van der Waals surface area contributed by atoms with Crippen LogP contribution in [-0.2, 0) is 4.74 Å². The summed E-state index contributed by atoms with van der Waals surface area (Å²) in [4.78, 5) is 15.7. The molecule has 1 aliphatic rings. The predicted octanol–water partition coefficient (Wildman–Crippen LogP) is -0.141. The smallest absolute Gasteiger partial charge is 0.410 e. The van der Waals surface area contributed by atoms with Gasteiger partial charge < -0.3 is 20.5 Å². The molecular formula is C12H25N3O3. The summed E-state index contributed by atoms with van der Waals surface area (Å²) in [6, 6.07) is 0.0958. The second-order valence-electron chi connectivity index (χ2n) is 5.58. The van der Waals surface area contributed by atoms with Gasteiger partial charge in [-0.05, 0) is 20.8 Å². The average molecular weight is 259 g/mol. The minimum atomic E-state index is -0.475. The third-order valence-corrected chi connectivity index (χ3v) is 2.92. The molecule has 1 heterocycles. The van der Waals surface area contributed by atoms with Gasteiger partial charge in [-0.25, -0.2) is 4.79 Å². The molecule has 0 spiro atoms. The van der Waals surface area contributed by atoms with Gasteiger partial charge in [-0.15, -0.1) is 0 Å². The van der Waals surface area contributed by atoms with E-state index in [9.17, 15) is 4.79 Å². The molecule has 1 rings (SSSR count). The number of piperazine rings is 1. The average Bonchev–Trinajstić information content (AvgIpc) is 2.27. The quantitative estimate of drug-likeness (QED) is 0.737. The maximum atomic E-state index is 11.9. The van der Waals surface area contributed by atoms with E-state index in [-0.39, 0.29) is 18.7 Å². The second kappa shape index (κ2) is 6.36. The summed E-state index contributed by atoms with van der Waals surface area (Å²) in [5.74, 6) is 0. The van der Waals surface area contributed by atoms with Crippen LogP contribution in [0.3, 0.4) is 0 Å². The molecule has 6 nitrogen and oxygen atoms in total. The van der Waals surface area contributed by atoms with E-state index in [1.165, 1.54) is 0 Å². The first-order chi connectivity index (χ1) is 8.37. The van der Waals surface area contributed by atoms with Crippen molar-refractivity contribution in [3.8, 4) is 0 Å². The van der Waals surface area contributed by atoms with Gasteiger partial charge in [0.25, 0.3) is 0 Å². The zero-order valence-electron chi connectivity index (χ0n) is 11.6. The minimum Gasteiger partial charge on any atom is -0.444 e. The van der Waals surface area contributed by atoms with Crippen molar-refractivity contribution in [3.05, 3.63) is 0 Å². The van der Waals surface area contributed by atoms with Gasteiger partial charge in [0.05, 0.1) is 6.61 Å². The lowest BCUT2D eigenvalue weighted by Crippen LogP contribution is -2.58. The summed E-state index contributed by atoms with van der Waals surface area (Å²) in [6.45, 7) is 8.65. The standard InChI is InChI=1S/C12H25N3O3/c1-12(2,3)18-11(17)15-5-4-14(6-7-16)10(8-13)9-15/h10,16H,4-9,13H2,1-3H3. The number of aliphatic hydroxyl groups excluding tert-OH is 1. The normalized spacial score (nSPS) is 22.1. The van der Waals surface area contributed by atoms with Gasteiger partial charge >= 0.3 is 6.09 Å². The lowest BCUT2D eigenvalue weighted by molar-refractivity contribution is 0.00274. The van der Waals surface area contributed by atoms with Gasteiger partial charge in [-0.3, -0.25) is 4.90 Å². The van der Waals surface area contributed by atoms with Crippen LogP contribution >= 0.6 is 0 Å². The van der Waals surface area contributed by atoms with Crippen LogP contribution in [0.15, 0.2) is 0 Å². The number of hydrogen-bond donors (Lipinski definition) is 2. The maximum absolute atomic E-state index is 11.9. The molecule has 1 saturated heterocycles. The van der Waals surface area contributed by atoms with Crippen molar-refractivity contribution in [1.29, 1.82) is 0 Å². The van der Waals surface area contributed by atoms with Crippen LogP contribution in [0.4, 0.5) is 4.79 Å². The first kappa shape index (κ1) is 15.2. The Morgan fingerprint density at radius 3 is 2.61 bits per heavy atom. The molecule has 1 aliphatic heterocycles. The van der Waals surface area contributed by atoms with Crippen molar-refractivity contribution < 1.29 is 14.6 Å². The summed E-state index contributed by atoms with van der Waals surface area (Å²) < 4.78 is 5.34. The van der Waals surface area contributed by atoms with Crippen LogP contribution in [0.25, 0.3) is 0 Å². The lowest BCUT2D eigenvalue weighted by atomic mass is 10.1. The van der Waals surface area contributed by atoms with Gasteiger partial charge in [0.1, 0.15) is 5.60 Å². The number of hydrogen-bond acceptors (Lipinski definition) is 5. The van der Waals surface area contributed by atoms with Crippen LogP contribution in [0.5, 0.6) is 0 Å². The molecule has 0 bridgehead atoms. The number of amides is 1. The molecular weight excluding hydrogens is 234 g/mol. The van der Waals surface area contributed by atoms with E-state index in [1.54, 1.807) is 4.90 Å². The number of nitrogens with zero attached hydrogens (tertiary/aromatic N) is 2. The number of aliphatic hydroxyl groups is 1. The highest BCUT2D eigenvalue weighted by Gasteiger charge is 2.30. The topological polar surface area (TPSA) is 79.0 Å². The number of ether oxygens (including phenoxy) is 1. The van der Waals surface area contributed by atoms with Gasteiger partial charge in [0.15, 0.2) is 0 Å². The van der Waals surface area contributed by atoms with E-state index >= 15 is 0 Å². The van der Waals surface area contributed by atoms with Gasteiger partial charge in [-0.1, -0.05) is 0 Å². The fourth-order valence-corrected chi connectivity index (χ4v) is 2.03. The third-order valence-electron chi connectivity index (χ3n) is 2.92. The molecule has 1 atom stereocenters. The Bertz CT molecular complexity index is 278. The Morgan fingerprint density at radius 2 is 2.11 bits per heavy atom. The number of nitrogens with two attached hydrogens (primary N) is 1. The fourth-order valence-electron chi connectivity index (χ4n) is 2.03. The Labute approximate surface area is 109 Å². The second-order valence-corrected chi connectivity index (χ2v) is 5.58. The highest BCUT2D eigenvalue weighted by molar-refractivity contribution is 5.68. The molecule has 0 aromatic heterocycles. The highest BCUT2D eigenvalue weighted by Crippen LogP contribution is 2.14. The number of carbonyl (C=O) groups is 1. The Balaban J connectivity index is 2.54. The number of carbonyl (C=O) groups excluding carboxylic acids is 1. The van der Waals surface area contributed by atoms with Crippen LogP contribution in [-0.4, -0.2) is 72.0 Å². The van der Waals surface area contributed by atoms with Crippen molar-refractivity contribution in [2.75, 3.05) is 39.3 Å². The summed E-state index contributed by atoms with van der Waals surface area (Å²) in [5, 5.41) is 8.97. The van der Waals surface area contributed by atoms with Crippen molar-refractivity contribution in [2.24, 2.45) is 5.73 Å². The zero-order chi connectivity index (χ0) is 13.8. The summed E-state index contributed by atoms with van der Waals surface area (Å²) in [5.41, 5.74) is 5.24. The minimum absolute atomic E-state index is 0.0958. The van der Waals surface area contributed by atoms with Crippen molar-refractivity contribution in [2.45, 2.75) is 32.4 Å². The van der Waals surface area contributed by atoms with E-state index in [0.29, 0.717) is 26.2 Å². The molecule has 0 aromatic rings. The molecule has 6 heteroatoms. The van der Waals surface area contributed by atoms with Crippen molar-refractivity contribution >= 4 is 6.09 Å². The molecule has 0 radical (unpaired) electrons. The van der Waals surface area contributed by atoms with Gasteiger partial charge in [0.2, 0.25) is 0 Å². The Kier molecular flexibility index (Phi) is 5.37. The molecule has 0 saturated carbocycles. The predicted molar refractivity (Wildman–Crippen MR) is 69.3 cm³/mol.